The summed E-state index contributed by atoms with van der Waals surface area (Å²) in [5.74, 6) is -0.272. The molecule has 0 radical (unpaired) electrons. The molecular formula is C19H22N2O5S. The minimum Gasteiger partial charge on any atom is -0.438 e. The average molecular weight is 390 g/mol. The van der Waals surface area contributed by atoms with Crippen LogP contribution in [0.25, 0.3) is 0 Å². The van der Waals surface area contributed by atoms with Gasteiger partial charge in [0.25, 0.3) is 15.9 Å². The molecule has 0 saturated carbocycles. The van der Waals surface area contributed by atoms with Crippen LogP contribution in [0.2, 0.25) is 0 Å². The zero-order valence-corrected chi connectivity index (χ0v) is 16.0. The molecule has 1 saturated heterocycles. The number of furan rings is 1. The van der Waals surface area contributed by atoms with E-state index in [-0.39, 0.29) is 29.8 Å². The van der Waals surface area contributed by atoms with Crippen molar-refractivity contribution in [2.75, 3.05) is 37.7 Å². The Morgan fingerprint density at radius 2 is 1.85 bits per heavy atom. The highest BCUT2D eigenvalue weighted by atomic mass is 32.2. The summed E-state index contributed by atoms with van der Waals surface area (Å²) in [4.78, 5) is 14.7. The largest absolute Gasteiger partial charge is 0.438 e. The van der Waals surface area contributed by atoms with Crippen molar-refractivity contribution < 1.29 is 22.4 Å². The molecule has 0 atom stereocenters. The molecule has 1 fully saturated rings. The van der Waals surface area contributed by atoms with E-state index in [4.69, 9.17) is 9.15 Å². The van der Waals surface area contributed by atoms with Gasteiger partial charge in [0.15, 0.2) is 5.76 Å². The molecule has 0 unspecified atom stereocenters. The molecule has 27 heavy (non-hydrogen) atoms. The minimum atomic E-state index is -3.76. The summed E-state index contributed by atoms with van der Waals surface area (Å²) < 4.78 is 37.4. The van der Waals surface area contributed by atoms with E-state index in [9.17, 15) is 13.2 Å². The molecule has 1 amide bonds. The van der Waals surface area contributed by atoms with Crippen LogP contribution in [0, 0.1) is 6.92 Å². The molecule has 4 rings (SSSR count). The molecule has 0 spiro atoms. The van der Waals surface area contributed by atoms with Gasteiger partial charge in [-0.05, 0) is 43.0 Å². The van der Waals surface area contributed by atoms with Crippen molar-refractivity contribution in [1.82, 2.24) is 4.31 Å². The van der Waals surface area contributed by atoms with Gasteiger partial charge >= 0.3 is 0 Å². The second kappa shape index (κ2) is 7.10. The van der Waals surface area contributed by atoms with Crippen LogP contribution >= 0.6 is 0 Å². The van der Waals surface area contributed by atoms with Crippen molar-refractivity contribution in [3.05, 3.63) is 47.2 Å². The van der Waals surface area contributed by atoms with E-state index in [0.29, 0.717) is 19.8 Å². The van der Waals surface area contributed by atoms with Gasteiger partial charge in [-0.3, -0.25) is 4.79 Å². The zero-order valence-electron chi connectivity index (χ0n) is 15.2. The van der Waals surface area contributed by atoms with Gasteiger partial charge in [-0.25, -0.2) is 8.42 Å². The lowest BCUT2D eigenvalue weighted by Gasteiger charge is -2.30. The summed E-state index contributed by atoms with van der Waals surface area (Å²) in [5, 5.41) is -0.199. The van der Waals surface area contributed by atoms with Crippen molar-refractivity contribution in [1.29, 1.82) is 0 Å². The molecule has 2 aliphatic rings. The van der Waals surface area contributed by atoms with Gasteiger partial charge in [-0.1, -0.05) is 18.2 Å². The molecule has 2 aliphatic heterocycles. The Kier molecular flexibility index (Phi) is 4.79. The van der Waals surface area contributed by atoms with E-state index in [0.717, 1.165) is 29.7 Å². The topological polar surface area (TPSA) is 80.1 Å². The van der Waals surface area contributed by atoms with Crippen molar-refractivity contribution in [2.45, 2.75) is 24.9 Å². The summed E-state index contributed by atoms with van der Waals surface area (Å²) >= 11 is 0. The maximum Gasteiger partial charge on any atom is 0.294 e. The number of anilines is 1. The van der Waals surface area contributed by atoms with Gasteiger partial charge in [0.1, 0.15) is 0 Å². The molecule has 0 aliphatic carbocycles. The van der Waals surface area contributed by atoms with Crippen molar-refractivity contribution in [3.8, 4) is 0 Å². The third kappa shape index (κ3) is 3.28. The highest BCUT2D eigenvalue weighted by Gasteiger charge is 2.32. The number of fused-ring (bicyclic) bond motifs is 1. The van der Waals surface area contributed by atoms with Crippen molar-refractivity contribution >= 4 is 21.6 Å². The molecule has 1 aromatic carbocycles. The predicted molar refractivity (Wildman–Crippen MR) is 99.5 cm³/mol. The molecule has 8 heteroatoms. The Hall–Kier alpha value is -2.16. The quantitative estimate of drug-likeness (QED) is 0.803. The fourth-order valence-electron chi connectivity index (χ4n) is 3.67. The SMILES string of the molecule is Cc1cccc2c1N(C(=O)c1ccc(S(=O)(=O)N3CCOCC3)o1)CCC2. The second-order valence-corrected chi connectivity index (χ2v) is 8.65. The van der Waals surface area contributed by atoms with Gasteiger partial charge in [0, 0.05) is 19.6 Å². The number of benzene rings is 1. The van der Waals surface area contributed by atoms with Gasteiger partial charge in [0.2, 0.25) is 5.09 Å². The second-order valence-electron chi connectivity index (χ2n) is 6.78. The number of carbonyl (C=O) groups is 1. The maximum absolute atomic E-state index is 13.0. The van der Waals surface area contributed by atoms with E-state index < -0.39 is 10.0 Å². The number of sulfonamides is 1. The van der Waals surface area contributed by atoms with E-state index in [1.54, 1.807) is 4.90 Å². The Bertz CT molecular complexity index is 960. The number of carbonyl (C=O) groups excluding carboxylic acids is 1. The van der Waals surface area contributed by atoms with E-state index >= 15 is 0 Å². The maximum atomic E-state index is 13.0. The smallest absolute Gasteiger partial charge is 0.294 e. The van der Waals surface area contributed by atoms with Crippen molar-refractivity contribution in [3.63, 3.8) is 0 Å². The highest BCUT2D eigenvalue weighted by Crippen LogP contribution is 2.32. The fourth-order valence-corrected chi connectivity index (χ4v) is 4.99. The number of para-hydroxylation sites is 1. The lowest BCUT2D eigenvalue weighted by atomic mass is 9.98. The molecule has 3 heterocycles. The fraction of sp³-hybridized carbons (Fsp3) is 0.421. The highest BCUT2D eigenvalue weighted by molar-refractivity contribution is 7.89. The van der Waals surface area contributed by atoms with Gasteiger partial charge < -0.3 is 14.1 Å². The van der Waals surface area contributed by atoms with Gasteiger partial charge in [0.05, 0.1) is 18.9 Å². The van der Waals surface area contributed by atoms with Gasteiger partial charge in [-0.2, -0.15) is 4.31 Å². The third-order valence-corrected chi connectivity index (χ3v) is 6.79. The van der Waals surface area contributed by atoms with Crippen molar-refractivity contribution in [2.24, 2.45) is 0 Å². The Labute approximate surface area is 158 Å². The summed E-state index contributed by atoms with van der Waals surface area (Å²) in [6.07, 6.45) is 1.79. The summed E-state index contributed by atoms with van der Waals surface area (Å²) in [7, 11) is -3.76. The van der Waals surface area contributed by atoms with Crippen LogP contribution in [-0.4, -0.2) is 51.5 Å². The van der Waals surface area contributed by atoms with Crippen LogP contribution in [0.3, 0.4) is 0 Å². The molecule has 144 valence electrons. The number of rotatable bonds is 3. The van der Waals surface area contributed by atoms with E-state index in [1.807, 2.05) is 25.1 Å². The number of aryl methyl sites for hydroxylation is 2. The summed E-state index contributed by atoms with van der Waals surface area (Å²) in [6, 6.07) is 8.80. The summed E-state index contributed by atoms with van der Waals surface area (Å²) in [5.41, 5.74) is 3.05. The van der Waals surface area contributed by atoms with Crippen LogP contribution in [0.15, 0.2) is 39.8 Å². The molecular weight excluding hydrogens is 368 g/mol. The van der Waals surface area contributed by atoms with E-state index in [2.05, 4.69) is 0 Å². The van der Waals surface area contributed by atoms with Gasteiger partial charge in [-0.15, -0.1) is 0 Å². The van der Waals surface area contributed by atoms with E-state index in [1.165, 1.54) is 16.4 Å². The summed E-state index contributed by atoms with van der Waals surface area (Å²) in [6.45, 7) is 3.84. The lowest BCUT2D eigenvalue weighted by molar-refractivity contribution is 0.0723. The van der Waals surface area contributed by atoms with Crippen LogP contribution in [-0.2, 0) is 21.2 Å². The Morgan fingerprint density at radius 1 is 1.07 bits per heavy atom. The van der Waals surface area contributed by atoms with Crippen LogP contribution in [0.4, 0.5) is 5.69 Å². The monoisotopic (exact) mass is 390 g/mol. The first-order chi connectivity index (χ1) is 13.0. The first kappa shape index (κ1) is 18.2. The average Bonchev–Trinajstić information content (AvgIpc) is 3.19. The number of nitrogens with zero attached hydrogens (tertiary/aromatic N) is 2. The lowest BCUT2D eigenvalue weighted by Crippen LogP contribution is -2.40. The minimum absolute atomic E-state index is 0.0398. The number of hydrogen-bond acceptors (Lipinski definition) is 5. The Morgan fingerprint density at radius 3 is 2.63 bits per heavy atom. The zero-order chi connectivity index (χ0) is 19.0. The predicted octanol–water partition coefficient (Wildman–Crippen LogP) is 2.20. The first-order valence-electron chi connectivity index (χ1n) is 9.06. The number of ether oxygens (including phenoxy) is 1. The molecule has 7 nitrogen and oxygen atoms in total. The standard InChI is InChI=1S/C19H22N2O5S/c1-14-4-2-5-15-6-3-9-21(18(14)15)19(22)16-7-8-17(26-16)27(23,24)20-10-12-25-13-11-20/h2,4-5,7-8H,3,6,9-13H2,1H3. The molecule has 0 bridgehead atoms. The van der Waals surface area contributed by atoms with Crippen LogP contribution < -0.4 is 4.90 Å². The molecule has 2 aromatic rings. The Balaban J connectivity index is 1.62. The third-order valence-electron chi connectivity index (χ3n) is 5.02. The van der Waals surface area contributed by atoms with Crippen LogP contribution in [0.1, 0.15) is 28.1 Å². The van der Waals surface area contributed by atoms with Crippen LogP contribution in [0.5, 0.6) is 0 Å². The number of morpholine rings is 1. The normalized spacial score (nSPS) is 18.3. The first-order valence-corrected chi connectivity index (χ1v) is 10.5. The molecule has 0 N–H and O–H groups in total. The molecule has 1 aromatic heterocycles. The number of amides is 1. The number of hydrogen-bond donors (Lipinski definition) is 0.